The van der Waals surface area contributed by atoms with Crippen molar-refractivity contribution in [2.45, 2.75) is 32.2 Å². The second kappa shape index (κ2) is 7.11. The van der Waals surface area contributed by atoms with Crippen molar-refractivity contribution in [3.8, 4) is 5.75 Å². The number of methoxy groups -OCH3 is 1. The number of aliphatic carboxylic acids is 1. The maximum absolute atomic E-state index is 11.1. The van der Waals surface area contributed by atoms with Gasteiger partial charge in [-0.05, 0) is 11.6 Å². The number of morpholine rings is 1. The van der Waals surface area contributed by atoms with Crippen molar-refractivity contribution in [3.05, 3.63) is 29.3 Å². The molecule has 1 aromatic rings. The van der Waals surface area contributed by atoms with Crippen molar-refractivity contribution >= 4 is 5.97 Å². The topological polar surface area (TPSA) is 59.0 Å². The van der Waals surface area contributed by atoms with Crippen LogP contribution in [0.3, 0.4) is 0 Å². The van der Waals surface area contributed by atoms with Crippen LogP contribution in [-0.4, -0.2) is 49.4 Å². The van der Waals surface area contributed by atoms with Crippen LogP contribution in [0.1, 0.15) is 31.4 Å². The van der Waals surface area contributed by atoms with Crippen LogP contribution < -0.4 is 4.74 Å². The summed E-state index contributed by atoms with van der Waals surface area (Å²) in [7, 11) is 1.67. The minimum Gasteiger partial charge on any atom is -0.496 e. The highest BCUT2D eigenvalue weighted by atomic mass is 16.5. The Bertz CT molecular complexity index is 521. The molecule has 1 heterocycles. The van der Waals surface area contributed by atoms with E-state index in [1.54, 1.807) is 7.11 Å². The van der Waals surface area contributed by atoms with Crippen LogP contribution >= 0.6 is 0 Å². The van der Waals surface area contributed by atoms with Crippen LogP contribution in [0.25, 0.3) is 0 Å². The molecular weight excluding hydrogens is 282 g/mol. The first-order chi connectivity index (χ1) is 10.4. The fourth-order valence-corrected chi connectivity index (χ4v) is 2.80. The Morgan fingerprint density at radius 2 is 2.05 bits per heavy atom. The summed E-state index contributed by atoms with van der Waals surface area (Å²) in [5.41, 5.74) is 1.72. The van der Waals surface area contributed by atoms with Gasteiger partial charge in [0.1, 0.15) is 5.75 Å². The van der Waals surface area contributed by atoms with Gasteiger partial charge >= 0.3 is 5.97 Å². The molecule has 1 fully saturated rings. The van der Waals surface area contributed by atoms with E-state index in [2.05, 4.69) is 11.0 Å². The first-order valence-corrected chi connectivity index (χ1v) is 7.61. The maximum Gasteiger partial charge on any atom is 0.304 e. The molecule has 2 rings (SSSR count). The van der Waals surface area contributed by atoms with Gasteiger partial charge in [-0.15, -0.1) is 0 Å². The maximum atomic E-state index is 11.1. The van der Waals surface area contributed by atoms with Gasteiger partial charge in [-0.3, -0.25) is 9.69 Å². The van der Waals surface area contributed by atoms with E-state index in [0.717, 1.165) is 49.7 Å². The summed E-state index contributed by atoms with van der Waals surface area (Å²) in [6.07, 6.45) is 0.107. The fourth-order valence-electron chi connectivity index (χ4n) is 2.80. The van der Waals surface area contributed by atoms with Crippen LogP contribution in [0, 0.1) is 0 Å². The third-order valence-corrected chi connectivity index (χ3v) is 4.15. The number of hydrogen-bond donors (Lipinski definition) is 1. The molecule has 0 aliphatic carbocycles. The van der Waals surface area contributed by atoms with Crippen LogP contribution in [0.4, 0.5) is 0 Å². The molecule has 0 unspecified atom stereocenters. The fraction of sp³-hybridized carbons (Fsp3) is 0.588. The van der Waals surface area contributed by atoms with Crippen molar-refractivity contribution in [2.24, 2.45) is 0 Å². The van der Waals surface area contributed by atoms with E-state index in [9.17, 15) is 4.79 Å². The first kappa shape index (κ1) is 16.8. The van der Waals surface area contributed by atoms with E-state index in [0.29, 0.717) is 0 Å². The number of ether oxygens (including phenoxy) is 2. The Morgan fingerprint density at radius 3 is 2.64 bits per heavy atom. The highest BCUT2D eigenvalue weighted by Gasteiger charge is 2.25. The Hall–Kier alpha value is -1.59. The third kappa shape index (κ3) is 4.21. The van der Waals surface area contributed by atoms with Crippen molar-refractivity contribution in [3.63, 3.8) is 0 Å². The molecule has 122 valence electrons. The lowest BCUT2D eigenvalue weighted by atomic mass is 9.81. The molecule has 1 saturated heterocycles. The molecule has 1 N–H and O–H groups in total. The minimum atomic E-state index is -0.782. The molecule has 5 heteroatoms. The van der Waals surface area contributed by atoms with Crippen LogP contribution in [-0.2, 0) is 21.5 Å². The lowest BCUT2D eigenvalue weighted by Gasteiger charge is -2.29. The SMILES string of the molecule is COc1ccc(C(C)(C)CC(=O)O)cc1CN1CCOCC1. The van der Waals surface area contributed by atoms with E-state index < -0.39 is 11.4 Å². The lowest BCUT2D eigenvalue weighted by Crippen LogP contribution is -2.35. The monoisotopic (exact) mass is 307 g/mol. The molecule has 5 nitrogen and oxygen atoms in total. The van der Waals surface area contributed by atoms with Gasteiger partial charge in [0.15, 0.2) is 0 Å². The van der Waals surface area contributed by atoms with Gasteiger partial charge < -0.3 is 14.6 Å². The Balaban J connectivity index is 2.23. The van der Waals surface area contributed by atoms with Crippen molar-refractivity contribution in [1.82, 2.24) is 4.90 Å². The molecule has 0 saturated carbocycles. The van der Waals surface area contributed by atoms with Gasteiger partial charge in [-0.25, -0.2) is 0 Å². The summed E-state index contributed by atoms with van der Waals surface area (Å²) in [6.45, 7) is 8.04. The average molecular weight is 307 g/mol. The van der Waals surface area contributed by atoms with Crippen molar-refractivity contribution < 1.29 is 19.4 Å². The number of carboxylic acids is 1. The standard InChI is InChI=1S/C17H25NO4/c1-17(2,11-16(19)20)14-4-5-15(21-3)13(10-14)12-18-6-8-22-9-7-18/h4-5,10H,6-9,11-12H2,1-3H3,(H,19,20). The summed E-state index contributed by atoms with van der Waals surface area (Å²) in [6, 6.07) is 5.98. The second-order valence-corrected chi connectivity index (χ2v) is 6.37. The van der Waals surface area contributed by atoms with Gasteiger partial charge in [-0.1, -0.05) is 26.0 Å². The quantitative estimate of drug-likeness (QED) is 0.874. The molecule has 22 heavy (non-hydrogen) atoms. The van der Waals surface area contributed by atoms with E-state index in [4.69, 9.17) is 14.6 Å². The molecule has 1 aliphatic rings. The molecule has 0 spiro atoms. The second-order valence-electron chi connectivity index (χ2n) is 6.37. The Morgan fingerprint density at radius 1 is 1.36 bits per heavy atom. The highest BCUT2D eigenvalue weighted by Crippen LogP contribution is 2.31. The van der Waals surface area contributed by atoms with Gasteiger partial charge in [0, 0.05) is 30.6 Å². The van der Waals surface area contributed by atoms with Gasteiger partial charge in [-0.2, -0.15) is 0 Å². The predicted molar refractivity (Wildman–Crippen MR) is 84.4 cm³/mol. The summed E-state index contributed by atoms with van der Waals surface area (Å²) in [4.78, 5) is 13.4. The zero-order chi connectivity index (χ0) is 16.2. The Kier molecular flexibility index (Phi) is 5.42. The Labute approximate surface area is 131 Å². The molecule has 1 aliphatic heterocycles. The van der Waals surface area contributed by atoms with Crippen molar-refractivity contribution in [2.75, 3.05) is 33.4 Å². The van der Waals surface area contributed by atoms with Crippen LogP contribution in [0.2, 0.25) is 0 Å². The molecule has 1 aromatic carbocycles. The van der Waals surface area contributed by atoms with Crippen molar-refractivity contribution in [1.29, 1.82) is 0 Å². The van der Waals surface area contributed by atoms with Gasteiger partial charge in [0.05, 0.1) is 26.7 Å². The minimum absolute atomic E-state index is 0.107. The molecule has 0 aromatic heterocycles. The smallest absolute Gasteiger partial charge is 0.304 e. The lowest BCUT2D eigenvalue weighted by molar-refractivity contribution is -0.138. The van der Waals surface area contributed by atoms with E-state index in [1.807, 2.05) is 26.0 Å². The summed E-state index contributed by atoms with van der Waals surface area (Å²) >= 11 is 0. The van der Waals surface area contributed by atoms with Gasteiger partial charge in [0.25, 0.3) is 0 Å². The molecule has 0 atom stereocenters. The number of carbonyl (C=O) groups is 1. The third-order valence-electron chi connectivity index (χ3n) is 4.15. The number of rotatable bonds is 6. The largest absolute Gasteiger partial charge is 0.496 e. The van der Waals surface area contributed by atoms with Gasteiger partial charge in [0.2, 0.25) is 0 Å². The predicted octanol–water partition coefficient (Wildman–Crippen LogP) is 2.28. The van der Waals surface area contributed by atoms with E-state index in [-0.39, 0.29) is 6.42 Å². The number of nitrogens with zero attached hydrogens (tertiary/aromatic N) is 1. The number of benzene rings is 1. The first-order valence-electron chi connectivity index (χ1n) is 7.61. The molecule has 0 amide bonds. The number of carboxylic acid groups (broad SMARTS) is 1. The number of hydrogen-bond acceptors (Lipinski definition) is 4. The zero-order valence-corrected chi connectivity index (χ0v) is 13.6. The van der Waals surface area contributed by atoms with E-state index >= 15 is 0 Å². The van der Waals surface area contributed by atoms with Crippen LogP contribution in [0.5, 0.6) is 5.75 Å². The zero-order valence-electron chi connectivity index (χ0n) is 13.6. The summed E-state index contributed by atoms with van der Waals surface area (Å²) < 4.78 is 10.8. The molecule has 0 radical (unpaired) electrons. The normalized spacial score (nSPS) is 16.5. The summed E-state index contributed by atoms with van der Waals surface area (Å²) in [5.74, 6) is 0.0666. The molecule has 0 bridgehead atoms. The average Bonchev–Trinajstić information content (AvgIpc) is 2.47. The summed E-state index contributed by atoms with van der Waals surface area (Å²) in [5, 5.41) is 9.09. The van der Waals surface area contributed by atoms with E-state index in [1.165, 1.54) is 0 Å². The highest BCUT2D eigenvalue weighted by molar-refractivity contribution is 5.69. The molecular formula is C17H25NO4. The van der Waals surface area contributed by atoms with Crippen LogP contribution in [0.15, 0.2) is 18.2 Å².